The molecule has 28 heavy (non-hydrogen) atoms. The fourth-order valence-corrected chi connectivity index (χ4v) is 3.38. The summed E-state index contributed by atoms with van der Waals surface area (Å²) in [7, 11) is 1.77. The van der Waals surface area contributed by atoms with Crippen LogP contribution >= 0.6 is 0 Å². The molecule has 2 amide bonds. The molecule has 0 fully saturated rings. The molecular formula is C19H19N7O2. The zero-order valence-electron chi connectivity index (χ0n) is 15.5. The molecule has 0 radical (unpaired) electrons. The highest BCUT2D eigenvalue weighted by Gasteiger charge is 2.27. The van der Waals surface area contributed by atoms with Crippen LogP contribution in [0.4, 0.5) is 17.3 Å². The van der Waals surface area contributed by atoms with E-state index in [1.165, 1.54) is 6.92 Å². The Labute approximate surface area is 161 Å². The average molecular weight is 377 g/mol. The molecular weight excluding hydrogens is 358 g/mol. The maximum Gasteiger partial charge on any atom is 0.269 e. The number of benzene rings is 1. The molecule has 1 aromatic carbocycles. The smallest absolute Gasteiger partial charge is 0.269 e. The summed E-state index contributed by atoms with van der Waals surface area (Å²) >= 11 is 0. The monoisotopic (exact) mass is 377 g/mol. The van der Waals surface area contributed by atoms with Crippen molar-refractivity contribution in [3.63, 3.8) is 0 Å². The fraction of sp³-hybridized carbons (Fsp3) is 0.211. The Hall–Kier alpha value is -3.75. The molecule has 0 saturated carbocycles. The second-order valence-corrected chi connectivity index (χ2v) is 6.61. The number of aromatic nitrogens is 4. The zero-order chi connectivity index (χ0) is 19.8. The van der Waals surface area contributed by atoms with Crippen molar-refractivity contribution in [3.05, 3.63) is 47.3 Å². The standard InChI is InChI=1S/C19H19N7O2/c1-10(27)22-12-4-6-13(7-5-12)23-19-21-9-11-3-8-14-16(18(20)28)25-26(2)17(14)15(11)24-19/h4-7,9H,3,8H2,1-2H3,(H2,20,28)(H,22,27)(H,21,23,24). The summed E-state index contributed by atoms with van der Waals surface area (Å²) in [5.41, 5.74) is 10.6. The van der Waals surface area contributed by atoms with Crippen LogP contribution in [0.5, 0.6) is 0 Å². The molecule has 1 aliphatic carbocycles. The summed E-state index contributed by atoms with van der Waals surface area (Å²) in [6, 6.07) is 7.24. The van der Waals surface area contributed by atoms with Gasteiger partial charge in [-0.1, -0.05) is 0 Å². The minimum atomic E-state index is -0.535. The number of anilines is 3. The van der Waals surface area contributed by atoms with E-state index in [2.05, 4.69) is 25.7 Å². The number of hydrogen-bond donors (Lipinski definition) is 3. The van der Waals surface area contributed by atoms with Gasteiger partial charge in [0.05, 0.1) is 11.4 Å². The van der Waals surface area contributed by atoms with E-state index in [0.29, 0.717) is 23.8 Å². The van der Waals surface area contributed by atoms with Gasteiger partial charge in [-0.25, -0.2) is 9.97 Å². The highest BCUT2D eigenvalue weighted by Crippen LogP contribution is 2.34. The van der Waals surface area contributed by atoms with Gasteiger partial charge in [0.25, 0.3) is 5.91 Å². The van der Waals surface area contributed by atoms with Crippen LogP contribution in [0, 0.1) is 0 Å². The summed E-state index contributed by atoms with van der Waals surface area (Å²) in [5, 5.41) is 10.1. The number of amides is 2. The molecule has 4 N–H and O–H groups in total. The fourth-order valence-electron chi connectivity index (χ4n) is 3.38. The Morgan fingerprint density at radius 3 is 2.54 bits per heavy atom. The van der Waals surface area contributed by atoms with Crippen molar-refractivity contribution in [2.75, 3.05) is 10.6 Å². The number of nitrogens with one attached hydrogen (secondary N) is 2. The van der Waals surface area contributed by atoms with Gasteiger partial charge in [0.2, 0.25) is 11.9 Å². The number of rotatable bonds is 4. The quantitative estimate of drug-likeness (QED) is 0.636. The molecule has 142 valence electrons. The molecule has 0 saturated heterocycles. The van der Waals surface area contributed by atoms with Gasteiger partial charge < -0.3 is 16.4 Å². The lowest BCUT2D eigenvalue weighted by atomic mass is 9.93. The number of hydrogen-bond acceptors (Lipinski definition) is 6. The van der Waals surface area contributed by atoms with Crippen molar-refractivity contribution >= 4 is 29.1 Å². The molecule has 0 unspecified atom stereocenters. The van der Waals surface area contributed by atoms with Crippen molar-refractivity contribution in [3.8, 4) is 11.4 Å². The van der Waals surface area contributed by atoms with Crippen molar-refractivity contribution < 1.29 is 9.59 Å². The Morgan fingerprint density at radius 1 is 1.14 bits per heavy atom. The summed E-state index contributed by atoms with van der Waals surface area (Å²) < 4.78 is 1.65. The molecule has 0 bridgehead atoms. The molecule has 0 spiro atoms. The molecule has 0 aliphatic heterocycles. The molecule has 0 atom stereocenters. The lowest BCUT2D eigenvalue weighted by Gasteiger charge is -2.17. The highest BCUT2D eigenvalue weighted by atomic mass is 16.1. The number of nitrogens with two attached hydrogens (primary N) is 1. The first kappa shape index (κ1) is 17.7. The topological polar surface area (TPSA) is 128 Å². The van der Waals surface area contributed by atoms with Gasteiger partial charge in [0.15, 0.2) is 5.69 Å². The minimum absolute atomic E-state index is 0.124. The number of fused-ring (bicyclic) bond motifs is 3. The third-order valence-electron chi connectivity index (χ3n) is 4.57. The predicted molar refractivity (Wildman–Crippen MR) is 104 cm³/mol. The van der Waals surface area contributed by atoms with Gasteiger partial charge >= 0.3 is 0 Å². The van der Waals surface area contributed by atoms with Crippen LogP contribution in [0.3, 0.4) is 0 Å². The van der Waals surface area contributed by atoms with Crippen LogP contribution in [0.1, 0.15) is 28.5 Å². The number of nitrogens with zero attached hydrogens (tertiary/aromatic N) is 4. The third kappa shape index (κ3) is 3.18. The van der Waals surface area contributed by atoms with Gasteiger partial charge in [-0.15, -0.1) is 0 Å². The first-order valence-electron chi connectivity index (χ1n) is 8.79. The first-order chi connectivity index (χ1) is 13.4. The lowest BCUT2D eigenvalue weighted by Crippen LogP contribution is -2.16. The van der Waals surface area contributed by atoms with Gasteiger partial charge in [-0.05, 0) is 42.7 Å². The predicted octanol–water partition coefficient (Wildman–Crippen LogP) is 1.78. The summed E-state index contributed by atoms with van der Waals surface area (Å²) in [6.45, 7) is 1.46. The maximum atomic E-state index is 11.7. The Bertz CT molecular complexity index is 1090. The van der Waals surface area contributed by atoms with E-state index in [9.17, 15) is 9.59 Å². The first-order valence-corrected chi connectivity index (χ1v) is 8.79. The molecule has 1 aliphatic rings. The van der Waals surface area contributed by atoms with Crippen LogP contribution in [0.2, 0.25) is 0 Å². The lowest BCUT2D eigenvalue weighted by molar-refractivity contribution is -0.114. The van der Waals surface area contributed by atoms with Crippen LogP contribution in [-0.2, 0) is 24.7 Å². The number of carbonyl (C=O) groups is 2. The SMILES string of the molecule is CC(=O)Nc1ccc(Nc2ncc3c(n2)-c2c(c(C(N)=O)nn2C)CC3)cc1. The molecule has 9 heteroatoms. The van der Waals surface area contributed by atoms with E-state index in [1.807, 2.05) is 12.1 Å². The summed E-state index contributed by atoms with van der Waals surface area (Å²) in [5.74, 6) is -0.228. The highest BCUT2D eigenvalue weighted by molar-refractivity contribution is 5.94. The largest absolute Gasteiger partial charge is 0.364 e. The normalized spacial score (nSPS) is 12.1. The molecule has 9 nitrogen and oxygen atoms in total. The van der Waals surface area contributed by atoms with Crippen molar-refractivity contribution in [2.24, 2.45) is 12.8 Å². The van der Waals surface area contributed by atoms with E-state index in [-0.39, 0.29) is 5.91 Å². The Balaban J connectivity index is 1.65. The Morgan fingerprint density at radius 2 is 1.86 bits per heavy atom. The summed E-state index contributed by atoms with van der Waals surface area (Å²) in [4.78, 5) is 31.8. The van der Waals surface area contributed by atoms with Crippen LogP contribution in [0.25, 0.3) is 11.4 Å². The minimum Gasteiger partial charge on any atom is -0.364 e. The van der Waals surface area contributed by atoms with E-state index in [1.54, 1.807) is 30.1 Å². The van der Waals surface area contributed by atoms with Crippen LogP contribution in [-0.4, -0.2) is 31.6 Å². The number of primary amides is 1. The molecule has 2 heterocycles. The summed E-state index contributed by atoms with van der Waals surface area (Å²) in [6.07, 6.45) is 3.19. The molecule has 4 rings (SSSR count). The third-order valence-corrected chi connectivity index (χ3v) is 4.57. The van der Waals surface area contributed by atoms with Crippen LogP contribution < -0.4 is 16.4 Å². The van der Waals surface area contributed by atoms with Crippen molar-refractivity contribution in [1.82, 2.24) is 19.7 Å². The van der Waals surface area contributed by atoms with Gasteiger partial charge in [0.1, 0.15) is 0 Å². The van der Waals surface area contributed by atoms with E-state index >= 15 is 0 Å². The number of aryl methyl sites for hydroxylation is 2. The van der Waals surface area contributed by atoms with Gasteiger partial charge in [-0.3, -0.25) is 14.3 Å². The molecule has 3 aromatic rings. The Kier molecular flexibility index (Phi) is 4.26. The van der Waals surface area contributed by atoms with Gasteiger partial charge in [0, 0.05) is 37.1 Å². The second kappa shape index (κ2) is 6.76. The average Bonchev–Trinajstić information content (AvgIpc) is 3.00. The van der Waals surface area contributed by atoms with Crippen molar-refractivity contribution in [2.45, 2.75) is 19.8 Å². The van der Waals surface area contributed by atoms with Crippen LogP contribution in [0.15, 0.2) is 30.5 Å². The number of carbonyl (C=O) groups excluding carboxylic acids is 2. The maximum absolute atomic E-state index is 11.7. The van der Waals surface area contributed by atoms with Gasteiger partial charge in [-0.2, -0.15) is 5.10 Å². The van der Waals surface area contributed by atoms with E-state index in [4.69, 9.17) is 5.73 Å². The van der Waals surface area contributed by atoms with E-state index in [0.717, 1.165) is 34.6 Å². The second-order valence-electron chi connectivity index (χ2n) is 6.61. The van der Waals surface area contributed by atoms with E-state index < -0.39 is 5.91 Å². The van der Waals surface area contributed by atoms with Crippen molar-refractivity contribution in [1.29, 1.82) is 0 Å². The zero-order valence-corrected chi connectivity index (χ0v) is 15.5. The molecule has 2 aromatic heterocycles.